The Balaban J connectivity index is 1.55. The lowest BCUT2D eigenvalue weighted by Crippen LogP contribution is -2.42. The summed E-state index contributed by atoms with van der Waals surface area (Å²) in [7, 11) is 1.64. The van der Waals surface area contributed by atoms with Crippen molar-refractivity contribution in [3.05, 3.63) is 59.4 Å². The van der Waals surface area contributed by atoms with Gasteiger partial charge in [0, 0.05) is 32.0 Å². The smallest absolute Gasteiger partial charge is 0.267 e. The highest BCUT2D eigenvalue weighted by Crippen LogP contribution is 2.34. The van der Waals surface area contributed by atoms with Crippen molar-refractivity contribution in [2.45, 2.75) is 32.4 Å². The molecule has 28 heavy (non-hydrogen) atoms. The Labute approximate surface area is 162 Å². The van der Waals surface area contributed by atoms with Crippen LogP contribution in [0, 0.1) is 5.82 Å². The molecule has 2 amide bonds. The van der Waals surface area contributed by atoms with Gasteiger partial charge in [0.25, 0.3) is 5.91 Å². The first-order valence-electron chi connectivity index (χ1n) is 8.98. The number of hydrogen-bond donors (Lipinski definition) is 1. The monoisotopic (exact) mass is 384 g/mol. The fourth-order valence-electron chi connectivity index (χ4n) is 2.95. The summed E-state index contributed by atoms with van der Waals surface area (Å²) < 4.78 is 18.4. The van der Waals surface area contributed by atoms with Crippen LogP contribution in [-0.4, -0.2) is 30.7 Å². The van der Waals surface area contributed by atoms with E-state index in [-0.39, 0.29) is 42.8 Å². The lowest BCUT2D eigenvalue weighted by Gasteiger charge is -2.30. The molecular weight excluding hydrogens is 363 g/mol. The standard InChI is InChI=1S/C21H21FN2O4/c1-13-21(27)24(2)17-11-15(5-9-19(17)28-13)18(25)8-10-20(26)23-12-14-3-6-16(22)7-4-14/h3-7,9,11,13H,8,10,12H2,1-2H3,(H,23,26). The molecule has 0 spiro atoms. The van der Waals surface area contributed by atoms with Crippen molar-refractivity contribution in [3.63, 3.8) is 0 Å². The van der Waals surface area contributed by atoms with Crippen molar-refractivity contribution in [2.75, 3.05) is 11.9 Å². The highest BCUT2D eigenvalue weighted by Gasteiger charge is 2.29. The van der Waals surface area contributed by atoms with E-state index in [0.717, 1.165) is 5.56 Å². The molecular formula is C21H21FN2O4. The first-order chi connectivity index (χ1) is 13.3. The molecule has 1 N–H and O–H groups in total. The number of halogens is 1. The Morgan fingerprint density at radius 1 is 1.14 bits per heavy atom. The molecule has 1 unspecified atom stereocenters. The van der Waals surface area contributed by atoms with E-state index in [2.05, 4.69) is 5.32 Å². The third kappa shape index (κ3) is 4.36. The third-order valence-electron chi connectivity index (χ3n) is 4.61. The Morgan fingerprint density at radius 2 is 1.86 bits per heavy atom. The molecule has 2 aromatic rings. The van der Waals surface area contributed by atoms with Crippen molar-refractivity contribution in [1.82, 2.24) is 5.32 Å². The van der Waals surface area contributed by atoms with E-state index >= 15 is 0 Å². The summed E-state index contributed by atoms with van der Waals surface area (Å²) >= 11 is 0. The molecule has 1 aliphatic rings. The van der Waals surface area contributed by atoms with Crippen molar-refractivity contribution >= 4 is 23.3 Å². The van der Waals surface area contributed by atoms with E-state index in [9.17, 15) is 18.8 Å². The number of ether oxygens (including phenoxy) is 1. The van der Waals surface area contributed by atoms with E-state index in [4.69, 9.17) is 4.74 Å². The maximum absolute atomic E-state index is 12.9. The molecule has 0 fully saturated rings. The number of carbonyl (C=O) groups is 3. The summed E-state index contributed by atoms with van der Waals surface area (Å²) in [6.45, 7) is 1.94. The molecule has 0 aliphatic carbocycles. The van der Waals surface area contributed by atoms with E-state index in [1.54, 1.807) is 44.3 Å². The Kier molecular flexibility index (Phi) is 5.73. The summed E-state index contributed by atoms with van der Waals surface area (Å²) in [6.07, 6.45) is -0.480. The van der Waals surface area contributed by atoms with Gasteiger partial charge in [-0.05, 0) is 42.8 Å². The van der Waals surface area contributed by atoms with E-state index in [0.29, 0.717) is 17.0 Å². The van der Waals surface area contributed by atoms with E-state index in [1.165, 1.54) is 17.0 Å². The summed E-state index contributed by atoms with van der Waals surface area (Å²) in [5.74, 6) is -0.433. The summed E-state index contributed by atoms with van der Waals surface area (Å²) in [5, 5.41) is 2.71. The second-order valence-corrected chi connectivity index (χ2v) is 6.67. The number of benzene rings is 2. The lowest BCUT2D eigenvalue weighted by atomic mass is 10.0. The van der Waals surface area contributed by atoms with Gasteiger partial charge in [-0.3, -0.25) is 14.4 Å². The van der Waals surface area contributed by atoms with Crippen LogP contribution in [0.3, 0.4) is 0 Å². The first kappa shape index (κ1) is 19.5. The summed E-state index contributed by atoms with van der Waals surface area (Å²) in [5.41, 5.74) is 1.73. The molecule has 0 saturated heterocycles. The minimum absolute atomic E-state index is 0.0411. The van der Waals surface area contributed by atoms with Gasteiger partial charge >= 0.3 is 0 Å². The van der Waals surface area contributed by atoms with Crippen LogP contribution in [0.2, 0.25) is 0 Å². The number of Topliss-reactive ketones (excluding diaryl/α,β-unsaturated/α-hetero) is 1. The van der Waals surface area contributed by atoms with Crippen LogP contribution in [0.5, 0.6) is 5.75 Å². The van der Waals surface area contributed by atoms with Crippen LogP contribution >= 0.6 is 0 Å². The van der Waals surface area contributed by atoms with Crippen molar-refractivity contribution in [2.24, 2.45) is 0 Å². The van der Waals surface area contributed by atoms with Crippen LogP contribution in [0.4, 0.5) is 10.1 Å². The molecule has 1 heterocycles. The molecule has 7 heteroatoms. The van der Waals surface area contributed by atoms with Crippen LogP contribution in [0.1, 0.15) is 35.7 Å². The van der Waals surface area contributed by atoms with Gasteiger partial charge < -0.3 is 15.0 Å². The van der Waals surface area contributed by atoms with Crippen molar-refractivity contribution in [3.8, 4) is 5.75 Å². The zero-order valence-corrected chi connectivity index (χ0v) is 15.7. The molecule has 0 aromatic heterocycles. The van der Waals surface area contributed by atoms with Gasteiger partial charge in [0.05, 0.1) is 5.69 Å². The van der Waals surface area contributed by atoms with Crippen LogP contribution < -0.4 is 15.0 Å². The van der Waals surface area contributed by atoms with Gasteiger partial charge in [-0.2, -0.15) is 0 Å². The molecule has 1 aliphatic heterocycles. The maximum atomic E-state index is 12.9. The number of carbonyl (C=O) groups excluding carboxylic acids is 3. The number of amides is 2. The molecule has 146 valence electrons. The number of hydrogen-bond acceptors (Lipinski definition) is 4. The Hall–Kier alpha value is -3.22. The van der Waals surface area contributed by atoms with Crippen molar-refractivity contribution < 1.29 is 23.5 Å². The third-order valence-corrected chi connectivity index (χ3v) is 4.61. The zero-order valence-electron chi connectivity index (χ0n) is 15.7. The average molecular weight is 384 g/mol. The van der Waals surface area contributed by atoms with E-state index < -0.39 is 6.10 Å². The number of fused-ring (bicyclic) bond motifs is 1. The second-order valence-electron chi connectivity index (χ2n) is 6.67. The summed E-state index contributed by atoms with van der Waals surface area (Å²) in [6, 6.07) is 10.7. The fraction of sp³-hybridized carbons (Fsp3) is 0.286. The predicted molar refractivity (Wildman–Crippen MR) is 102 cm³/mol. The molecule has 2 aromatic carbocycles. The predicted octanol–water partition coefficient (Wildman–Crippen LogP) is 2.85. The quantitative estimate of drug-likeness (QED) is 0.777. The minimum atomic E-state index is -0.566. The van der Waals surface area contributed by atoms with Gasteiger partial charge in [0.1, 0.15) is 11.6 Å². The summed E-state index contributed by atoms with van der Waals surface area (Å²) in [4.78, 5) is 37.9. The van der Waals surface area contributed by atoms with Gasteiger partial charge in [0.2, 0.25) is 5.91 Å². The largest absolute Gasteiger partial charge is 0.479 e. The first-order valence-corrected chi connectivity index (χ1v) is 8.98. The normalized spacial score (nSPS) is 15.6. The van der Waals surface area contributed by atoms with E-state index in [1.807, 2.05) is 0 Å². The SMILES string of the molecule is CC1Oc2ccc(C(=O)CCC(=O)NCc3ccc(F)cc3)cc2N(C)C1=O. The lowest BCUT2D eigenvalue weighted by molar-refractivity contribution is -0.125. The minimum Gasteiger partial charge on any atom is -0.479 e. The Bertz CT molecular complexity index is 911. The molecule has 3 rings (SSSR count). The number of anilines is 1. The molecule has 0 bridgehead atoms. The van der Waals surface area contributed by atoms with Crippen LogP contribution in [0.25, 0.3) is 0 Å². The van der Waals surface area contributed by atoms with Gasteiger partial charge in [-0.1, -0.05) is 12.1 Å². The number of nitrogens with zero attached hydrogens (tertiary/aromatic N) is 1. The van der Waals surface area contributed by atoms with Crippen LogP contribution in [-0.2, 0) is 16.1 Å². The highest BCUT2D eigenvalue weighted by atomic mass is 19.1. The van der Waals surface area contributed by atoms with Gasteiger partial charge in [-0.25, -0.2) is 4.39 Å². The maximum Gasteiger partial charge on any atom is 0.267 e. The van der Waals surface area contributed by atoms with Gasteiger partial charge in [0.15, 0.2) is 11.9 Å². The number of likely N-dealkylation sites (N-methyl/N-ethyl adjacent to an activating group) is 1. The fourth-order valence-corrected chi connectivity index (χ4v) is 2.95. The highest BCUT2D eigenvalue weighted by molar-refractivity contribution is 6.03. The topological polar surface area (TPSA) is 75.7 Å². The molecule has 1 atom stereocenters. The van der Waals surface area contributed by atoms with Crippen LogP contribution in [0.15, 0.2) is 42.5 Å². The number of nitrogens with one attached hydrogen (secondary N) is 1. The average Bonchev–Trinajstić information content (AvgIpc) is 2.69. The molecule has 6 nitrogen and oxygen atoms in total. The molecule has 0 saturated carbocycles. The number of ketones is 1. The van der Waals surface area contributed by atoms with Crippen molar-refractivity contribution in [1.29, 1.82) is 0 Å². The molecule has 0 radical (unpaired) electrons. The van der Waals surface area contributed by atoms with Gasteiger partial charge in [-0.15, -0.1) is 0 Å². The Morgan fingerprint density at radius 3 is 2.57 bits per heavy atom. The number of rotatable bonds is 6. The second kappa shape index (κ2) is 8.21. The zero-order chi connectivity index (χ0) is 20.3.